The molecular weight excluding hydrogens is 578 g/mol. The summed E-state index contributed by atoms with van der Waals surface area (Å²) in [5.74, 6) is -1.82. The van der Waals surface area contributed by atoms with Crippen LogP contribution in [-0.4, -0.2) is 67.8 Å². The minimum absolute atomic E-state index is 0.00452. The van der Waals surface area contributed by atoms with Crippen LogP contribution in [0.5, 0.6) is 0 Å². The van der Waals surface area contributed by atoms with E-state index in [1.807, 2.05) is 60.7 Å². The molecule has 2 bridgehead atoms. The van der Waals surface area contributed by atoms with Crippen LogP contribution in [0.2, 0.25) is 0 Å². The van der Waals surface area contributed by atoms with Crippen LogP contribution in [0.3, 0.4) is 0 Å². The number of fused-ring (bicyclic) bond motifs is 1. The van der Waals surface area contributed by atoms with Crippen molar-refractivity contribution in [3.05, 3.63) is 66.2 Å². The number of hydrogen-bond donors (Lipinski definition) is 3. The quantitative estimate of drug-likeness (QED) is 0.263. The van der Waals surface area contributed by atoms with Gasteiger partial charge in [-0.2, -0.15) is 0 Å². The molecule has 39 heavy (non-hydrogen) atoms. The van der Waals surface area contributed by atoms with Crippen LogP contribution in [0.4, 0.5) is 5.69 Å². The standard InChI is InChI=1S/C30H36BrN3O4S/c1-2-3-10-15-32-28(37)26-30-17-22(31)25(39-30)23(27(36)33-20-13-8-5-9-14-20)24(30)29(38)34(26)21(18-35)16-19-11-6-4-7-12-19/h4-9,11-14,21-26,35H,2-3,10,15-18H2,1H3,(H,32,37)(H,33,36)/t21-,22?,23+,24+,25+,26?,30?/m1/s1. The number of unbranched alkanes of at least 4 members (excludes halogenated alkanes) is 2. The number of thioether (sulfide) groups is 1. The molecule has 1 spiro atoms. The minimum Gasteiger partial charge on any atom is -0.394 e. The fourth-order valence-corrected chi connectivity index (χ4v) is 10.2. The fraction of sp³-hybridized carbons (Fsp3) is 0.500. The van der Waals surface area contributed by atoms with Crippen LogP contribution in [0.1, 0.15) is 38.2 Å². The number of hydrogen-bond acceptors (Lipinski definition) is 5. The largest absolute Gasteiger partial charge is 0.394 e. The summed E-state index contributed by atoms with van der Waals surface area (Å²) in [6.45, 7) is 2.39. The van der Waals surface area contributed by atoms with Gasteiger partial charge in [-0.3, -0.25) is 14.4 Å². The third-order valence-electron chi connectivity index (χ3n) is 8.32. The Labute approximate surface area is 242 Å². The summed E-state index contributed by atoms with van der Waals surface area (Å²) in [6.07, 6.45) is 3.96. The van der Waals surface area contributed by atoms with E-state index >= 15 is 0 Å². The molecule has 0 aliphatic carbocycles. The number of carbonyl (C=O) groups is 3. The van der Waals surface area contributed by atoms with E-state index in [0.29, 0.717) is 25.1 Å². The highest BCUT2D eigenvalue weighted by Crippen LogP contribution is 2.68. The first-order valence-electron chi connectivity index (χ1n) is 13.8. The average molecular weight is 615 g/mol. The number of halogens is 1. The van der Waals surface area contributed by atoms with E-state index in [0.717, 1.165) is 24.8 Å². The number of amides is 3. The molecule has 3 unspecified atom stereocenters. The number of anilines is 1. The summed E-state index contributed by atoms with van der Waals surface area (Å²) in [5.41, 5.74) is 1.66. The van der Waals surface area contributed by atoms with Gasteiger partial charge in [0.25, 0.3) is 0 Å². The van der Waals surface area contributed by atoms with E-state index in [1.165, 1.54) is 0 Å². The lowest BCUT2D eigenvalue weighted by molar-refractivity contribution is -0.142. The van der Waals surface area contributed by atoms with Crippen molar-refractivity contribution in [1.29, 1.82) is 0 Å². The molecule has 0 saturated carbocycles. The van der Waals surface area contributed by atoms with Crippen molar-refractivity contribution in [3.63, 3.8) is 0 Å². The maximum Gasteiger partial charge on any atom is 0.244 e. The van der Waals surface area contributed by atoms with Gasteiger partial charge in [0.2, 0.25) is 17.7 Å². The first-order chi connectivity index (χ1) is 18.9. The molecule has 2 aromatic rings. The van der Waals surface area contributed by atoms with Gasteiger partial charge in [0.1, 0.15) is 6.04 Å². The Balaban J connectivity index is 1.49. The maximum atomic E-state index is 14.4. The van der Waals surface area contributed by atoms with E-state index in [2.05, 4.69) is 33.5 Å². The second-order valence-electron chi connectivity index (χ2n) is 10.8. The second kappa shape index (κ2) is 12.0. The molecule has 9 heteroatoms. The van der Waals surface area contributed by atoms with Gasteiger partial charge in [0, 0.05) is 22.3 Å². The molecule has 0 aromatic heterocycles. The number of likely N-dealkylation sites (tertiary alicyclic amines) is 1. The Morgan fingerprint density at radius 2 is 1.79 bits per heavy atom. The molecule has 208 valence electrons. The molecule has 3 fully saturated rings. The van der Waals surface area contributed by atoms with Crippen LogP contribution in [-0.2, 0) is 20.8 Å². The molecule has 3 saturated heterocycles. The molecule has 3 aliphatic heterocycles. The topological polar surface area (TPSA) is 98.7 Å². The van der Waals surface area contributed by atoms with Crippen LogP contribution in [0, 0.1) is 11.8 Å². The Hall–Kier alpha value is -2.36. The third-order valence-corrected chi connectivity index (χ3v) is 11.5. The Morgan fingerprint density at radius 3 is 2.46 bits per heavy atom. The van der Waals surface area contributed by atoms with Crippen molar-refractivity contribution in [1.82, 2.24) is 10.2 Å². The molecule has 5 rings (SSSR count). The molecule has 0 radical (unpaired) electrons. The van der Waals surface area contributed by atoms with Gasteiger partial charge >= 0.3 is 0 Å². The summed E-state index contributed by atoms with van der Waals surface area (Å²) >= 11 is 5.42. The average Bonchev–Trinajstić information content (AvgIpc) is 3.54. The number of benzene rings is 2. The summed E-state index contributed by atoms with van der Waals surface area (Å²) in [6, 6.07) is 17.6. The normalized spacial score (nSPS) is 29.8. The molecule has 3 amide bonds. The van der Waals surface area contributed by atoms with Gasteiger partial charge in [0.15, 0.2) is 0 Å². The lowest BCUT2D eigenvalue weighted by Crippen LogP contribution is -2.57. The smallest absolute Gasteiger partial charge is 0.244 e. The Bertz CT molecular complexity index is 1190. The van der Waals surface area contributed by atoms with Crippen LogP contribution < -0.4 is 10.6 Å². The van der Waals surface area contributed by atoms with Gasteiger partial charge in [0.05, 0.1) is 29.2 Å². The lowest BCUT2D eigenvalue weighted by atomic mass is 9.70. The summed E-state index contributed by atoms with van der Waals surface area (Å²) in [7, 11) is 0. The van der Waals surface area contributed by atoms with E-state index in [9.17, 15) is 19.5 Å². The van der Waals surface area contributed by atoms with Crippen LogP contribution in [0.25, 0.3) is 0 Å². The summed E-state index contributed by atoms with van der Waals surface area (Å²) in [4.78, 5) is 43.6. The van der Waals surface area contributed by atoms with Gasteiger partial charge < -0.3 is 20.6 Å². The van der Waals surface area contributed by atoms with Gasteiger partial charge in [-0.15, -0.1) is 11.8 Å². The van der Waals surface area contributed by atoms with Crippen molar-refractivity contribution in [3.8, 4) is 0 Å². The number of aliphatic hydroxyl groups excluding tert-OH is 1. The predicted octanol–water partition coefficient (Wildman–Crippen LogP) is 4.00. The zero-order chi connectivity index (χ0) is 27.6. The van der Waals surface area contributed by atoms with Crippen LogP contribution in [0.15, 0.2) is 60.7 Å². The number of rotatable bonds is 11. The van der Waals surface area contributed by atoms with E-state index < -0.39 is 28.7 Å². The van der Waals surface area contributed by atoms with E-state index in [4.69, 9.17) is 0 Å². The van der Waals surface area contributed by atoms with Gasteiger partial charge in [-0.25, -0.2) is 0 Å². The minimum atomic E-state index is -0.762. The number of alkyl halides is 1. The molecule has 3 aliphatic rings. The molecule has 7 nitrogen and oxygen atoms in total. The van der Waals surface area contributed by atoms with Crippen molar-refractivity contribution >= 4 is 51.1 Å². The van der Waals surface area contributed by atoms with Crippen molar-refractivity contribution in [2.45, 2.75) is 65.9 Å². The molecule has 2 aromatic carbocycles. The molecule has 3 N–H and O–H groups in total. The SMILES string of the molecule is CCCCCNC(=O)C1N([C@@H](CO)Cc2ccccc2)C(=O)[C@@H]2[C@H](C(=O)Nc3ccccc3)[C@H]3SC12CC3Br. The molecule has 3 heterocycles. The highest BCUT2D eigenvalue weighted by molar-refractivity contribution is 9.09. The molecular formula is C30H36BrN3O4S. The number of para-hydroxylation sites is 1. The van der Waals surface area contributed by atoms with Gasteiger partial charge in [-0.05, 0) is 37.0 Å². The van der Waals surface area contributed by atoms with Crippen molar-refractivity contribution in [2.75, 3.05) is 18.5 Å². The van der Waals surface area contributed by atoms with Crippen molar-refractivity contribution < 1.29 is 19.5 Å². The number of aliphatic hydroxyl groups is 1. The second-order valence-corrected chi connectivity index (χ2v) is 13.5. The van der Waals surface area contributed by atoms with Crippen LogP contribution >= 0.6 is 27.7 Å². The van der Waals surface area contributed by atoms with E-state index in [-0.39, 0.29) is 34.4 Å². The lowest BCUT2D eigenvalue weighted by Gasteiger charge is -2.37. The summed E-state index contributed by atoms with van der Waals surface area (Å²) < 4.78 is -0.743. The van der Waals surface area contributed by atoms with E-state index in [1.54, 1.807) is 16.7 Å². The molecule has 7 atom stereocenters. The fourth-order valence-electron chi connectivity index (χ4n) is 6.63. The number of nitrogens with zero attached hydrogens (tertiary/aromatic N) is 1. The van der Waals surface area contributed by atoms with Crippen molar-refractivity contribution in [2.24, 2.45) is 11.8 Å². The predicted molar refractivity (Wildman–Crippen MR) is 158 cm³/mol. The van der Waals surface area contributed by atoms with Gasteiger partial charge in [-0.1, -0.05) is 84.2 Å². The Morgan fingerprint density at radius 1 is 1.10 bits per heavy atom. The summed E-state index contributed by atoms with van der Waals surface area (Å²) in [5, 5.41) is 16.5. The zero-order valence-electron chi connectivity index (χ0n) is 22.1. The Kier molecular flexibility index (Phi) is 8.69. The monoisotopic (exact) mass is 613 g/mol. The maximum absolute atomic E-state index is 14.4. The first-order valence-corrected chi connectivity index (χ1v) is 15.6. The number of nitrogens with one attached hydrogen (secondary N) is 2. The third kappa shape index (κ3) is 5.25. The first kappa shape index (κ1) is 28.2. The highest BCUT2D eigenvalue weighted by atomic mass is 79.9. The number of carbonyl (C=O) groups excluding carboxylic acids is 3. The highest BCUT2D eigenvalue weighted by Gasteiger charge is 2.76. The zero-order valence-corrected chi connectivity index (χ0v) is 24.5.